The number of rotatable bonds is 7. The molecule has 1 N–H and O–H groups in total. The maximum absolute atomic E-state index is 11.8. The Kier molecular flexibility index (Phi) is 5.44. The fraction of sp³-hybridized carbons (Fsp3) is 0.267. The predicted octanol–water partition coefficient (Wildman–Crippen LogP) is 6.49. The van der Waals surface area contributed by atoms with Gasteiger partial charge in [-0.25, -0.2) is 0 Å². The van der Waals surface area contributed by atoms with Crippen LogP contribution in [0.3, 0.4) is 0 Å². The summed E-state index contributed by atoms with van der Waals surface area (Å²) in [5, 5.41) is 13.8. The van der Waals surface area contributed by atoms with Crippen molar-refractivity contribution in [1.29, 1.82) is 0 Å². The van der Waals surface area contributed by atoms with E-state index in [1.807, 2.05) is 62.6 Å². The molecular formula is C30H28N4O3. The molecule has 0 aliphatic heterocycles. The van der Waals surface area contributed by atoms with Gasteiger partial charge >= 0.3 is 5.97 Å². The number of aliphatic carboxylic acids is 1. The Bertz CT molecular complexity index is 1590. The van der Waals surface area contributed by atoms with Crippen molar-refractivity contribution in [2.45, 2.75) is 51.5 Å². The van der Waals surface area contributed by atoms with Crippen LogP contribution in [0, 0.1) is 13.8 Å². The van der Waals surface area contributed by atoms with Crippen LogP contribution in [0.15, 0.2) is 71.6 Å². The minimum absolute atomic E-state index is 0.0279. The van der Waals surface area contributed by atoms with Crippen LogP contribution in [0.2, 0.25) is 0 Å². The van der Waals surface area contributed by atoms with Gasteiger partial charge in [-0.3, -0.25) is 14.8 Å². The van der Waals surface area contributed by atoms with Gasteiger partial charge < -0.3 is 14.2 Å². The molecule has 0 amide bonds. The minimum atomic E-state index is -0.744. The summed E-state index contributed by atoms with van der Waals surface area (Å²) in [6.45, 7) is 6.01. The van der Waals surface area contributed by atoms with Crippen LogP contribution in [0.25, 0.3) is 33.3 Å². The smallest absolute Gasteiger partial charge is 0.314 e. The first-order valence-corrected chi connectivity index (χ1v) is 12.6. The van der Waals surface area contributed by atoms with Gasteiger partial charge in [0.2, 0.25) is 0 Å². The molecule has 6 rings (SSSR count). The fourth-order valence-electron chi connectivity index (χ4n) is 5.47. The predicted molar refractivity (Wildman–Crippen MR) is 141 cm³/mol. The summed E-state index contributed by atoms with van der Waals surface area (Å²) in [7, 11) is 0. The van der Waals surface area contributed by atoms with E-state index in [9.17, 15) is 9.90 Å². The highest BCUT2D eigenvalue weighted by Crippen LogP contribution is 2.49. The van der Waals surface area contributed by atoms with Gasteiger partial charge in [-0.1, -0.05) is 42.4 Å². The number of hydrogen-bond donors (Lipinski definition) is 1. The zero-order valence-electron chi connectivity index (χ0n) is 21.1. The van der Waals surface area contributed by atoms with Crippen molar-refractivity contribution in [2.75, 3.05) is 0 Å². The number of aromatic nitrogens is 4. The molecule has 7 nitrogen and oxygen atoms in total. The van der Waals surface area contributed by atoms with Crippen LogP contribution in [-0.4, -0.2) is 30.8 Å². The number of benzene rings is 1. The Morgan fingerprint density at radius 3 is 2.49 bits per heavy atom. The van der Waals surface area contributed by atoms with Gasteiger partial charge in [0, 0.05) is 35.3 Å². The summed E-state index contributed by atoms with van der Waals surface area (Å²) in [5.74, 6) is 0.0169. The normalized spacial score (nSPS) is 15.1. The number of fused-ring (bicyclic) bond motifs is 1. The number of carboxylic acids is 1. The molecule has 37 heavy (non-hydrogen) atoms. The number of nitrogens with zero attached hydrogens (tertiary/aromatic N) is 4. The van der Waals surface area contributed by atoms with Crippen molar-refractivity contribution in [2.24, 2.45) is 0 Å². The van der Waals surface area contributed by atoms with Crippen molar-refractivity contribution in [3.63, 3.8) is 0 Å². The van der Waals surface area contributed by atoms with Crippen molar-refractivity contribution in [3.05, 3.63) is 89.8 Å². The molecule has 1 saturated carbocycles. The van der Waals surface area contributed by atoms with Gasteiger partial charge in [0.25, 0.3) is 0 Å². The van der Waals surface area contributed by atoms with Gasteiger partial charge in [0.15, 0.2) is 0 Å². The number of hydrogen-bond acceptors (Lipinski definition) is 5. The van der Waals surface area contributed by atoms with E-state index in [1.165, 1.54) is 0 Å². The Balaban J connectivity index is 1.53. The second-order valence-corrected chi connectivity index (χ2v) is 9.88. The third-order valence-corrected chi connectivity index (χ3v) is 7.65. The lowest BCUT2D eigenvalue weighted by atomic mass is 9.94. The monoisotopic (exact) mass is 492 g/mol. The fourth-order valence-corrected chi connectivity index (χ4v) is 5.47. The summed E-state index contributed by atoms with van der Waals surface area (Å²) >= 11 is 0. The van der Waals surface area contributed by atoms with Crippen molar-refractivity contribution < 1.29 is 14.4 Å². The largest absolute Gasteiger partial charge is 0.481 e. The summed E-state index contributed by atoms with van der Waals surface area (Å²) in [6, 6.07) is 16.1. The Morgan fingerprint density at radius 1 is 1.11 bits per heavy atom. The maximum atomic E-state index is 11.8. The van der Waals surface area contributed by atoms with Gasteiger partial charge in [-0.15, -0.1) is 0 Å². The van der Waals surface area contributed by atoms with E-state index >= 15 is 0 Å². The van der Waals surface area contributed by atoms with E-state index in [2.05, 4.69) is 40.0 Å². The van der Waals surface area contributed by atoms with E-state index in [-0.39, 0.29) is 6.04 Å². The second-order valence-electron chi connectivity index (χ2n) is 9.88. The summed E-state index contributed by atoms with van der Waals surface area (Å²) in [5.41, 5.74) is 7.76. The molecule has 1 aromatic carbocycles. The Hall–Kier alpha value is -4.26. The molecule has 1 atom stereocenters. The lowest BCUT2D eigenvalue weighted by molar-refractivity contribution is -0.140. The number of aryl methyl sites for hydroxylation is 2. The van der Waals surface area contributed by atoms with Crippen LogP contribution in [0.1, 0.15) is 54.9 Å². The minimum Gasteiger partial charge on any atom is -0.481 e. The van der Waals surface area contributed by atoms with Crippen LogP contribution in [-0.2, 0) is 10.2 Å². The standard InChI is InChI=1S/C30H28N4O3/c1-4-25(24-7-5-6-14-31-24)34-17-23(20-8-10-22(11-9-20)30(12-13-30)29(35)36)28-26(34)15-21(16-32-28)27-18(2)33-37-19(27)3/h5-11,14-17,25H,4,12-13H2,1-3H3,(H,35,36)/t25-/m0/s1. The molecule has 7 heteroatoms. The first-order valence-electron chi connectivity index (χ1n) is 12.6. The number of carbonyl (C=O) groups is 1. The maximum Gasteiger partial charge on any atom is 0.314 e. The molecule has 0 saturated heterocycles. The average molecular weight is 493 g/mol. The van der Waals surface area contributed by atoms with Crippen LogP contribution >= 0.6 is 0 Å². The highest BCUT2D eigenvalue weighted by atomic mass is 16.5. The molecule has 186 valence electrons. The summed E-state index contributed by atoms with van der Waals surface area (Å²) in [4.78, 5) is 21.4. The molecular weight excluding hydrogens is 464 g/mol. The van der Waals surface area contributed by atoms with Gasteiger partial charge in [-0.2, -0.15) is 0 Å². The topological polar surface area (TPSA) is 94.0 Å². The van der Waals surface area contributed by atoms with E-state index < -0.39 is 11.4 Å². The molecule has 1 aliphatic carbocycles. The molecule has 0 spiro atoms. The van der Waals surface area contributed by atoms with E-state index in [1.54, 1.807) is 0 Å². The average Bonchev–Trinajstić information content (AvgIpc) is 3.56. The molecule has 4 aromatic heterocycles. The third-order valence-electron chi connectivity index (χ3n) is 7.65. The summed E-state index contributed by atoms with van der Waals surface area (Å²) < 4.78 is 7.69. The number of pyridine rings is 2. The molecule has 5 aromatic rings. The van der Waals surface area contributed by atoms with Crippen LogP contribution in [0.5, 0.6) is 0 Å². The summed E-state index contributed by atoms with van der Waals surface area (Å²) in [6.07, 6.45) is 8.09. The zero-order valence-corrected chi connectivity index (χ0v) is 21.1. The van der Waals surface area contributed by atoms with Crippen LogP contribution in [0.4, 0.5) is 0 Å². The van der Waals surface area contributed by atoms with Crippen LogP contribution < -0.4 is 0 Å². The highest BCUT2D eigenvalue weighted by Gasteiger charge is 2.51. The van der Waals surface area contributed by atoms with Gasteiger partial charge in [0.05, 0.1) is 33.9 Å². The molecule has 0 bridgehead atoms. The second kappa shape index (κ2) is 8.69. The van der Waals surface area contributed by atoms with Crippen molar-refractivity contribution in [3.8, 4) is 22.3 Å². The van der Waals surface area contributed by atoms with Gasteiger partial charge in [-0.05, 0) is 62.4 Å². The Morgan fingerprint density at radius 2 is 1.89 bits per heavy atom. The molecule has 1 fully saturated rings. The van der Waals surface area contributed by atoms with Gasteiger partial charge in [0.1, 0.15) is 5.76 Å². The molecule has 0 unspecified atom stereocenters. The quantitative estimate of drug-likeness (QED) is 0.279. The molecule has 1 aliphatic rings. The van der Waals surface area contributed by atoms with Crippen molar-refractivity contribution >= 4 is 17.0 Å². The SMILES string of the molecule is CC[C@@H](c1ccccn1)n1cc(-c2ccc(C3(C(=O)O)CC3)cc2)c2ncc(-c3c(C)noc3C)cc21. The first-order chi connectivity index (χ1) is 17.9. The lowest BCUT2D eigenvalue weighted by Crippen LogP contribution is -2.19. The molecule has 4 heterocycles. The van der Waals surface area contributed by atoms with Crippen molar-refractivity contribution in [1.82, 2.24) is 19.7 Å². The van der Waals surface area contributed by atoms with E-state index in [0.717, 1.165) is 62.4 Å². The molecule has 0 radical (unpaired) electrons. The van der Waals surface area contributed by atoms with E-state index in [0.29, 0.717) is 12.8 Å². The third kappa shape index (κ3) is 3.73. The lowest BCUT2D eigenvalue weighted by Gasteiger charge is -2.18. The Labute approximate surface area is 214 Å². The highest BCUT2D eigenvalue weighted by molar-refractivity contribution is 5.95. The zero-order chi connectivity index (χ0) is 25.7. The first kappa shape index (κ1) is 23.2. The van der Waals surface area contributed by atoms with E-state index in [4.69, 9.17) is 9.51 Å². The number of carboxylic acid groups (broad SMARTS) is 1.